The number of pyridine rings is 1. The van der Waals surface area contributed by atoms with Crippen LogP contribution in [0.1, 0.15) is 41.4 Å². The molecular formula is C24H26N2O3. The average molecular weight is 390 g/mol. The lowest BCUT2D eigenvalue weighted by Gasteiger charge is -2.17. The maximum atomic E-state index is 13.4. The van der Waals surface area contributed by atoms with Crippen LogP contribution >= 0.6 is 0 Å². The first-order valence-corrected chi connectivity index (χ1v) is 9.77. The van der Waals surface area contributed by atoms with Crippen molar-refractivity contribution >= 4 is 11.5 Å². The molecule has 1 heterocycles. The van der Waals surface area contributed by atoms with E-state index >= 15 is 0 Å². The number of anilines is 1. The molecule has 5 nitrogen and oxygen atoms in total. The summed E-state index contributed by atoms with van der Waals surface area (Å²) in [6.07, 6.45) is 1.02. The first kappa shape index (κ1) is 20.4. The first-order chi connectivity index (χ1) is 14.0. The van der Waals surface area contributed by atoms with Gasteiger partial charge in [-0.05, 0) is 49.2 Å². The van der Waals surface area contributed by atoms with Crippen molar-refractivity contribution in [3.63, 3.8) is 0 Å². The number of carbonyl (C=O) groups is 1. The predicted octanol–water partition coefficient (Wildman–Crippen LogP) is 4.75. The number of methoxy groups -OCH3 is 1. The van der Waals surface area contributed by atoms with Gasteiger partial charge in [-0.25, -0.2) is 0 Å². The lowest BCUT2D eigenvalue weighted by atomic mass is 10.0. The van der Waals surface area contributed by atoms with Crippen LogP contribution in [0.4, 0.5) is 5.69 Å². The topological polar surface area (TPSA) is 60.3 Å². The Morgan fingerprint density at radius 1 is 1.07 bits per heavy atom. The van der Waals surface area contributed by atoms with Gasteiger partial charge in [0.1, 0.15) is 11.3 Å². The fourth-order valence-electron chi connectivity index (χ4n) is 3.34. The quantitative estimate of drug-likeness (QED) is 0.564. The standard InChI is InChI=1S/C24H26N2O3/c1-4-8-22(27)23-21(25-16-18-9-6-5-7-10-18)15-17(2)26(24(23)28)19-11-13-20(29-3)14-12-19/h5-7,9-15,25H,4,8,16H2,1-3H3. The van der Waals surface area contributed by atoms with E-state index in [-0.39, 0.29) is 16.9 Å². The Hall–Kier alpha value is -3.34. The molecular weight excluding hydrogens is 364 g/mol. The summed E-state index contributed by atoms with van der Waals surface area (Å²) in [4.78, 5) is 26.2. The molecule has 0 bridgehead atoms. The van der Waals surface area contributed by atoms with Crippen LogP contribution in [-0.4, -0.2) is 17.5 Å². The Bertz CT molecular complexity index is 1040. The molecule has 3 aromatic rings. The van der Waals surface area contributed by atoms with Crippen molar-refractivity contribution in [2.24, 2.45) is 0 Å². The monoisotopic (exact) mass is 390 g/mol. The average Bonchev–Trinajstić information content (AvgIpc) is 2.73. The number of aromatic nitrogens is 1. The zero-order chi connectivity index (χ0) is 20.8. The van der Waals surface area contributed by atoms with E-state index in [9.17, 15) is 9.59 Å². The lowest BCUT2D eigenvalue weighted by molar-refractivity contribution is 0.0980. The molecule has 1 aromatic heterocycles. The lowest BCUT2D eigenvalue weighted by Crippen LogP contribution is -2.28. The van der Waals surface area contributed by atoms with Crippen LogP contribution in [0.25, 0.3) is 5.69 Å². The van der Waals surface area contributed by atoms with E-state index in [0.29, 0.717) is 36.5 Å². The van der Waals surface area contributed by atoms with Crippen LogP contribution in [0.15, 0.2) is 65.5 Å². The van der Waals surface area contributed by atoms with Gasteiger partial charge in [0.05, 0.1) is 12.8 Å². The number of nitrogens with one attached hydrogen (secondary N) is 1. The van der Waals surface area contributed by atoms with Gasteiger partial charge in [-0.2, -0.15) is 0 Å². The summed E-state index contributed by atoms with van der Waals surface area (Å²) in [7, 11) is 1.60. The fraction of sp³-hybridized carbons (Fsp3) is 0.250. The summed E-state index contributed by atoms with van der Waals surface area (Å²) >= 11 is 0. The SMILES string of the molecule is CCCC(=O)c1c(NCc2ccccc2)cc(C)n(-c2ccc(OC)cc2)c1=O. The van der Waals surface area contributed by atoms with Gasteiger partial charge in [0, 0.05) is 24.3 Å². The minimum atomic E-state index is -0.302. The second-order valence-electron chi connectivity index (χ2n) is 6.93. The van der Waals surface area contributed by atoms with Gasteiger partial charge >= 0.3 is 0 Å². The van der Waals surface area contributed by atoms with E-state index in [2.05, 4.69) is 5.32 Å². The number of hydrogen-bond acceptors (Lipinski definition) is 4. The Morgan fingerprint density at radius 2 is 1.76 bits per heavy atom. The highest BCUT2D eigenvalue weighted by molar-refractivity contribution is 6.01. The second kappa shape index (κ2) is 9.24. The summed E-state index contributed by atoms with van der Waals surface area (Å²) in [6, 6.07) is 19.0. The van der Waals surface area contributed by atoms with Crippen LogP contribution in [0, 0.1) is 6.92 Å². The van der Waals surface area contributed by atoms with E-state index in [1.54, 1.807) is 23.8 Å². The summed E-state index contributed by atoms with van der Waals surface area (Å²) < 4.78 is 6.78. The van der Waals surface area contributed by atoms with Gasteiger partial charge in [-0.15, -0.1) is 0 Å². The highest BCUT2D eigenvalue weighted by Gasteiger charge is 2.20. The molecule has 0 aliphatic carbocycles. The van der Waals surface area contributed by atoms with Crippen molar-refractivity contribution in [1.29, 1.82) is 0 Å². The minimum Gasteiger partial charge on any atom is -0.497 e. The molecule has 0 aliphatic heterocycles. The first-order valence-electron chi connectivity index (χ1n) is 9.77. The molecule has 0 fully saturated rings. The van der Waals surface area contributed by atoms with Crippen LogP contribution < -0.4 is 15.6 Å². The van der Waals surface area contributed by atoms with Crippen molar-refractivity contribution in [2.75, 3.05) is 12.4 Å². The Morgan fingerprint density at radius 3 is 2.38 bits per heavy atom. The predicted molar refractivity (Wildman–Crippen MR) is 116 cm³/mol. The number of nitrogens with zero attached hydrogens (tertiary/aromatic N) is 1. The maximum absolute atomic E-state index is 13.4. The molecule has 29 heavy (non-hydrogen) atoms. The molecule has 0 saturated carbocycles. The molecule has 2 aromatic carbocycles. The van der Waals surface area contributed by atoms with Crippen molar-refractivity contribution < 1.29 is 9.53 Å². The van der Waals surface area contributed by atoms with E-state index in [1.165, 1.54) is 0 Å². The van der Waals surface area contributed by atoms with Gasteiger partial charge in [0.2, 0.25) is 0 Å². The molecule has 0 spiro atoms. The Labute approximate surface area is 171 Å². The Balaban J connectivity index is 2.06. The maximum Gasteiger partial charge on any atom is 0.268 e. The Kier molecular flexibility index (Phi) is 6.50. The van der Waals surface area contributed by atoms with Gasteiger partial charge in [0.15, 0.2) is 5.78 Å². The van der Waals surface area contributed by atoms with Gasteiger partial charge in [-0.1, -0.05) is 37.3 Å². The van der Waals surface area contributed by atoms with Crippen molar-refractivity contribution in [1.82, 2.24) is 4.57 Å². The van der Waals surface area contributed by atoms with Crippen LogP contribution in [0.3, 0.4) is 0 Å². The van der Waals surface area contributed by atoms with Crippen LogP contribution in [0.5, 0.6) is 5.75 Å². The molecule has 3 rings (SSSR count). The normalized spacial score (nSPS) is 10.6. The number of ether oxygens (including phenoxy) is 1. The smallest absolute Gasteiger partial charge is 0.268 e. The molecule has 150 valence electrons. The zero-order valence-corrected chi connectivity index (χ0v) is 17.1. The molecule has 1 N–H and O–H groups in total. The zero-order valence-electron chi connectivity index (χ0n) is 17.1. The molecule has 0 amide bonds. The minimum absolute atomic E-state index is 0.143. The molecule has 0 aliphatic rings. The van der Waals surface area contributed by atoms with E-state index in [4.69, 9.17) is 4.74 Å². The molecule has 0 unspecified atom stereocenters. The van der Waals surface area contributed by atoms with E-state index in [1.807, 2.05) is 62.4 Å². The number of benzene rings is 2. The summed E-state index contributed by atoms with van der Waals surface area (Å²) in [6.45, 7) is 4.34. The van der Waals surface area contributed by atoms with Crippen LogP contribution in [0.2, 0.25) is 0 Å². The van der Waals surface area contributed by atoms with E-state index in [0.717, 1.165) is 11.3 Å². The number of ketones is 1. The van der Waals surface area contributed by atoms with Crippen molar-refractivity contribution in [3.8, 4) is 11.4 Å². The summed E-state index contributed by atoms with van der Waals surface area (Å²) in [5, 5.41) is 3.29. The van der Waals surface area contributed by atoms with Gasteiger partial charge < -0.3 is 10.1 Å². The van der Waals surface area contributed by atoms with Crippen LogP contribution in [-0.2, 0) is 6.54 Å². The highest BCUT2D eigenvalue weighted by Crippen LogP contribution is 2.21. The van der Waals surface area contributed by atoms with Gasteiger partial charge in [-0.3, -0.25) is 14.2 Å². The molecule has 0 saturated heterocycles. The third kappa shape index (κ3) is 4.57. The number of Topliss-reactive ketones (excluding diaryl/α,β-unsaturated/α-hetero) is 1. The third-order valence-electron chi connectivity index (χ3n) is 4.80. The number of carbonyl (C=O) groups excluding carboxylic acids is 1. The number of rotatable bonds is 8. The van der Waals surface area contributed by atoms with Crippen molar-refractivity contribution in [3.05, 3.63) is 87.8 Å². The summed E-state index contributed by atoms with van der Waals surface area (Å²) in [5.41, 5.74) is 3.03. The second-order valence-corrected chi connectivity index (χ2v) is 6.93. The molecule has 0 atom stereocenters. The highest BCUT2D eigenvalue weighted by atomic mass is 16.5. The number of aryl methyl sites for hydroxylation is 1. The summed E-state index contributed by atoms with van der Waals surface area (Å²) in [5.74, 6) is 0.568. The fourth-order valence-corrected chi connectivity index (χ4v) is 3.34. The molecule has 5 heteroatoms. The van der Waals surface area contributed by atoms with Crippen molar-refractivity contribution in [2.45, 2.75) is 33.2 Å². The largest absolute Gasteiger partial charge is 0.497 e. The number of hydrogen-bond donors (Lipinski definition) is 1. The third-order valence-corrected chi connectivity index (χ3v) is 4.80. The van der Waals surface area contributed by atoms with E-state index < -0.39 is 0 Å². The van der Waals surface area contributed by atoms with Gasteiger partial charge in [0.25, 0.3) is 5.56 Å². The molecule has 0 radical (unpaired) electrons.